The number of morpholine rings is 1. The Morgan fingerprint density at radius 3 is 3.00 bits per heavy atom. The Labute approximate surface area is 130 Å². The third kappa shape index (κ3) is 3.44. The highest BCUT2D eigenvalue weighted by atomic mass is 16.5. The lowest BCUT2D eigenvalue weighted by molar-refractivity contribution is 0.0527. The first-order valence-electron chi connectivity index (χ1n) is 7.66. The van der Waals surface area contributed by atoms with Gasteiger partial charge in [-0.05, 0) is 18.1 Å². The molecule has 1 aromatic carbocycles. The zero-order valence-electron chi connectivity index (χ0n) is 12.8. The highest BCUT2D eigenvalue weighted by Gasteiger charge is 2.22. The molecule has 1 fully saturated rings. The molecule has 3 rings (SSSR count). The van der Waals surface area contributed by atoms with Crippen LogP contribution in [-0.2, 0) is 11.2 Å². The summed E-state index contributed by atoms with van der Waals surface area (Å²) in [5.74, 6) is 1.99. The van der Waals surface area contributed by atoms with Gasteiger partial charge >= 0.3 is 6.03 Å². The first kappa shape index (κ1) is 15.0. The van der Waals surface area contributed by atoms with Crippen LogP contribution in [0.1, 0.15) is 5.56 Å². The summed E-state index contributed by atoms with van der Waals surface area (Å²) >= 11 is 0. The third-order valence-electron chi connectivity index (χ3n) is 4.10. The summed E-state index contributed by atoms with van der Waals surface area (Å²) < 4.78 is 16.2. The molecular formula is C16H22N2O4. The van der Waals surface area contributed by atoms with Gasteiger partial charge in [0.15, 0.2) is 0 Å². The SMILES string of the molecule is COc1ccc2c(c1)OC[C@@H](CNC(=O)N1CCOCC1)C2. The molecule has 0 spiro atoms. The second-order valence-electron chi connectivity index (χ2n) is 5.64. The molecule has 0 radical (unpaired) electrons. The van der Waals surface area contributed by atoms with E-state index in [1.807, 2.05) is 18.2 Å². The fraction of sp³-hybridized carbons (Fsp3) is 0.562. The molecular weight excluding hydrogens is 284 g/mol. The van der Waals surface area contributed by atoms with Crippen LogP contribution in [0, 0.1) is 5.92 Å². The lowest BCUT2D eigenvalue weighted by atomic mass is 9.96. The Balaban J connectivity index is 1.51. The quantitative estimate of drug-likeness (QED) is 0.914. The van der Waals surface area contributed by atoms with Crippen LogP contribution in [0.25, 0.3) is 0 Å². The van der Waals surface area contributed by atoms with E-state index in [-0.39, 0.29) is 6.03 Å². The summed E-state index contributed by atoms with van der Waals surface area (Å²) in [7, 11) is 1.65. The summed E-state index contributed by atoms with van der Waals surface area (Å²) in [4.78, 5) is 13.9. The maximum Gasteiger partial charge on any atom is 0.317 e. The van der Waals surface area contributed by atoms with E-state index in [1.54, 1.807) is 12.0 Å². The molecule has 2 heterocycles. The van der Waals surface area contributed by atoms with Gasteiger partial charge in [-0.2, -0.15) is 0 Å². The van der Waals surface area contributed by atoms with Crippen molar-refractivity contribution >= 4 is 6.03 Å². The zero-order valence-corrected chi connectivity index (χ0v) is 12.8. The first-order valence-corrected chi connectivity index (χ1v) is 7.66. The van der Waals surface area contributed by atoms with E-state index in [9.17, 15) is 4.79 Å². The van der Waals surface area contributed by atoms with Gasteiger partial charge in [-0.1, -0.05) is 6.07 Å². The van der Waals surface area contributed by atoms with E-state index in [4.69, 9.17) is 14.2 Å². The van der Waals surface area contributed by atoms with E-state index < -0.39 is 0 Å². The highest BCUT2D eigenvalue weighted by molar-refractivity contribution is 5.74. The van der Waals surface area contributed by atoms with Gasteiger partial charge < -0.3 is 24.4 Å². The van der Waals surface area contributed by atoms with E-state index in [1.165, 1.54) is 0 Å². The molecule has 6 nitrogen and oxygen atoms in total. The van der Waals surface area contributed by atoms with Crippen molar-refractivity contribution in [3.63, 3.8) is 0 Å². The van der Waals surface area contributed by atoms with Gasteiger partial charge in [-0.3, -0.25) is 0 Å². The van der Waals surface area contributed by atoms with Gasteiger partial charge in [0.1, 0.15) is 11.5 Å². The van der Waals surface area contributed by atoms with Gasteiger partial charge in [-0.25, -0.2) is 4.79 Å². The number of benzene rings is 1. The van der Waals surface area contributed by atoms with Crippen LogP contribution in [0.5, 0.6) is 11.5 Å². The minimum Gasteiger partial charge on any atom is -0.497 e. The smallest absolute Gasteiger partial charge is 0.317 e. The lowest BCUT2D eigenvalue weighted by Crippen LogP contribution is -2.48. The van der Waals surface area contributed by atoms with E-state index in [0.717, 1.165) is 23.5 Å². The van der Waals surface area contributed by atoms with Crippen molar-refractivity contribution in [3.05, 3.63) is 23.8 Å². The van der Waals surface area contributed by atoms with Crippen LogP contribution in [0.15, 0.2) is 18.2 Å². The summed E-state index contributed by atoms with van der Waals surface area (Å²) in [6.07, 6.45) is 0.905. The molecule has 0 saturated carbocycles. The van der Waals surface area contributed by atoms with E-state index >= 15 is 0 Å². The zero-order chi connectivity index (χ0) is 15.4. The van der Waals surface area contributed by atoms with Gasteiger partial charge in [0, 0.05) is 31.6 Å². The minimum absolute atomic E-state index is 0.0103. The number of fused-ring (bicyclic) bond motifs is 1. The van der Waals surface area contributed by atoms with Crippen LogP contribution in [-0.4, -0.2) is 57.5 Å². The summed E-state index contributed by atoms with van der Waals surface area (Å²) in [6, 6.07) is 5.88. The Morgan fingerprint density at radius 1 is 1.41 bits per heavy atom. The molecule has 2 aliphatic heterocycles. The molecule has 6 heteroatoms. The van der Waals surface area contributed by atoms with Crippen molar-refractivity contribution in [2.24, 2.45) is 5.92 Å². The number of ether oxygens (including phenoxy) is 3. The Hall–Kier alpha value is -1.95. The monoisotopic (exact) mass is 306 g/mol. The molecule has 120 valence electrons. The van der Waals surface area contributed by atoms with Crippen molar-refractivity contribution < 1.29 is 19.0 Å². The number of hydrogen-bond donors (Lipinski definition) is 1. The Bertz CT molecular complexity index is 529. The predicted octanol–water partition coefficient (Wildman–Crippen LogP) is 1.29. The van der Waals surface area contributed by atoms with Crippen molar-refractivity contribution in [2.75, 3.05) is 46.6 Å². The van der Waals surface area contributed by atoms with Crippen molar-refractivity contribution in [1.29, 1.82) is 0 Å². The molecule has 1 saturated heterocycles. The van der Waals surface area contributed by atoms with E-state index in [2.05, 4.69) is 5.32 Å². The number of rotatable bonds is 3. The first-order chi connectivity index (χ1) is 10.8. The number of nitrogens with one attached hydrogen (secondary N) is 1. The molecule has 0 unspecified atom stereocenters. The normalized spacial score (nSPS) is 20.8. The van der Waals surface area contributed by atoms with E-state index in [0.29, 0.717) is 45.4 Å². The van der Waals surface area contributed by atoms with Crippen LogP contribution < -0.4 is 14.8 Å². The third-order valence-corrected chi connectivity index (χ3v) is 4.10. The van der Waals surface area contributed by atoms with Crippen LogP contribution >= 0.6 is 0 Å². The van der Waals surface area contributed by atoms with Crippen LogP contribution in [0.2, 0.25) is 0 Å². The average Bonchev–Trinajstić information content (AvgIpc) is 2.59. The molecule has 2 amide bonds. The molecule has 22 heavy (non-hydrogen) atoms. The topological polar surface area (TPSA) is 60.0 Å². The van der Waals surface area contributed by atoms with Crippen LogP contribution in [0.4, 0.5) is 4.79 Å². The average molecular weight is 306 g/mol. The molecule has 0 aliphatic carbocycles. The number of nitrogens with zero attached hydrogens (tertiary/aromatic N) is 1. The largest absolute Gasteiger partial charge is 0.497 e. The number of carbonyl (C=O) groups excluding carboxylic acids is 1. The maximum absolute atomic E-state index is 12.1. The number of methoxy groups -OCH3 is 1. The van der Waals surface area contributed by atoms with Gasteiger partial charge in [0.25, 0.3) is 0 Å². The summed E-state index contributed by atoms with van der Waals surface area (Å²) in [5.41, 5.74) is 1.16. The summed E-state index contributed by atoms with van der Waals surface area (Å²) in [6.45, 7) is 3.81. The fourth-order valence-corrected chi connectivity index (χ4v) is 2.78. The number of hydrogen-bond acceptors (Lipinski definition) is 4. The predicted molar refractivity (Wildman–Crippen MR) is 81.5 cm³/mol. The maximum atomic E-state index is 12.1. The second kappa shape index (κ2) is 6.87. The van der Waals surface area contributed by atoms with Gasteiger partial charge in [0.2, 0.25) is 0 Å². The highest BCUT2D eigenvalue weighted by Crippen LogP contribution is 2.30. The minimum atomic E-state index is -0.0103. The van der Waals surface area contributed by atoms with Crippen molar-refractivity contribution in [2.45, 2.75) is 6.42 Å². The lowest BCUT2D eigenvalue weighted by Gasteiger charge is -2.29. The standard InChI is InChI=1S/C16H22N2O4/c1-20-14-3-2-13-8-12(11-22-15(13)9-14)10-17-16(19)18-4-6-21-7-5-18/h2-3,9,12H,4-8,10-11H2,1H3,(H,17,19)/t12-/m1/s1. The molecule has 0 bridgehead atoms. The van der Waals surface area contributed by atoms with Gasteiger partial charge in [0.05, 0.1) is 26.9 Å². The summed E-state index contributed by atoms with van der Waals surface area (Å²) in [5, 5.41) is 3.00. The molecule has 2 aliphatic rings. The molecule has 1 N–H and O–H groups in total. The Kier molecular flexibility index (Phi) is 4.68. The Morgan fingerprint density at radius 2 is 2.23 bits per heavy atom. The molecule has 1 atom stereocenters. The molecule has 1 aromatic rings. The van der Waals surface area contributed by atoms with Crippen molar-refractivity contribution in [3.8, 4) is 11.5 Å². The number of amides is 2. The van der Waals surface area contributed by atoms with Gasteiger partial charge in [-0.15, -0.1) is 0 Å². The van der Waals surface area contributed by atoms with Crippen molar-refractivity contribution in [1.82, 2.24) is 10.2 Å². The number of urea groups is 1. The number of carbonyl (C=O) groups is 1. The van der Waals surface area contributed by atoms with Crippen LogP contribution in [0.3, 0.4) is 0 Å². The second-order valence-corrected chi connectivity index (χ2v) is 5.64. The molecule has 0 aromatic heterocycles. The fourth-order valence-electron chi connectivity index (χ4n) is 2.78.